The summed E-state index contributed by atoms with van der Waals surface area (Å²) in [5.41, 5.74) is 2.79. The summed E-state index contributed by atoms with van der Waals surface area (Å²) < 4.78 is 0. The van der Waals surface area contributed by atoms with Gasteiger partial charge in [-0.05, 0) is 69.3 Å². The number of hydrogen-bond donors (Lipinski definition) is 0. The van der Waals surface area contributed by atoms with Crippen LogP contribution in [0, 0.1) is 11.8 Å². The van der Waals surface area contributed by atoms with Crippen LogP contribution in [0.3, 0.4) is 0 Å². The lowest BCUT2D eigenvalue weighted by Crippen LogP contribution is -1.85. The highest BCUT2D eigenvalue weighted by molar-refractivity contribution is 5.45. The highest BCUT2D eigenvalue weighted by atomic mass is 14.3. The Balaban J connectivity index is 0.000000278. The van der Waals surface area contributed by atoms with Crippen molar-refractivity contribution in [2.75, 3.05) is 0 Å². The molecule has 0 heterocycles. The van der Waals surface area contributed by atoms with Crippen LogP contribution in [0.25, 0.3) is 6.08 Å². The molecule has 0 radical (unpaired) electrons. The van der Waals surface area contributed by atoms with Gasteiger partial charge < -0.3 is 0 Å². The number of allylic oxidation sites excluding steroid dienone is 21. The summed E-state index contributed by atoms with van der Waals surface area (Å²) in [7, 11) is 0. The Hall–Kier alpha value is -3.90. The highest BCUT2D eigenvalue weighted by Crippen LogP contribution is 2.38. The van der Waals surface area contributed by atoms with Gasteiger partial charge in [0.1, 0.15) is 0 Å². The van der Waals surface area contributed by atoms with Gasteiger partial charge in [-0.15, -0.1) is 6.58 Å². The van der Waals surface area contributed by atoms with Gasteiger partial charge in [0.15, 0.2) is 0 Å². The molecule has 0 amide bonds. The zero-order chi connectivity index (χ0) is 32.5. The van der Waals surface area contributed by atoms with Crippen LogP contribution in [0.4, 0.5) is 0 Å². The van der Waals surface area contributed by atoms with Crippen molar-refractivity contribution >= 4 is 6.08 Å². The lowest BCUT2D eigenvalue weighted by atomic mass is 10.0. The molecule has 0 heteroatoms. The molecule has 0 aromatic heterocycles. The van der Waals surface area contributed by atoms with Crippen molar-refractivity contribution < 1.29 is 0 Å². The quantitative estimate of drug-likeness (QED) is 0.185. The van der Waals surface area contributed by atoms with E-state index in [0.29, 0.717) is 0 Å². The van der Waals surface area contributed by atoms with E-state index in [-0.39, 0.29) is 0 Å². The van der Waals surface area contributed by atoms with Crippen LogP contribution in [-0.4, -0.2) is 0 Å². The smallest absolute Gasteiger partial charge is 0.0228 e. The van der Waals surface area contributed by atoms with Crippen LogP contribution in [0.15, 0.2) is 171 Å². The minimum Gasteiger partial charge on any atom is -0.103 e. The van der Waals surface area contributed by atoms with Gasteiger partial charge >= 0.3 is 0 Å². The van der Waals surface area contributed by atoms with Crippen molar-refractivity contribution in [2.24, 2.45) is 11.8 Å². The number of benzene rings is 1. The van der Waals surface area contributed by atoms with Crippen LogP contribution in [0.2, 0.25) is 0 Å². The van der Waals surface area contributed by atoms with Gasteiger partial charge in [-0.1, -0.05) is 203 Å². The second-order valence-electron chi connectivity index (χ2n) is 11.4. The zero-order valence-electron chi connectivity index (χ0n) is 28.4. The van der Waals surface area contributed by atoms with Crippen LogP contribution in [0.5, 0.6) is 0 Å². The van der Waals surface area contributed by atoms with Gasteiger partial charge in [-0.2, -0.15) is 0 Å². The zero-order valence-corrected chi connectivity index (χ0v) is 28.4. The molecule has 2 unspecified atom stereocenters. The summed E-state index contributed by atoms with van der Waals surface area (Å²) in [6.45, 7) is 11.8. The van der Waals surface area contributed by atoms with E-state index in [1.165, 1.54) is 69.8 Å². The first-order valence-corrected chi connectivity index (χ1v) is 17.2. The Morgan fingerprint density at radius 1 is 0.622 bits per heavy atom. The van der Waals surface area contributed by atoms with E-state index < -0.39 is 0 Å². The molecular weight excluding hydrogens is 540 g/mol. The molecule has 7 rings (SSSR count). The third-order valence-electron chi connectivity index (χ3n) is 7.66. The van der Waals surface area contributed by atoms with Crippen molar-refractivity contribution in [2.45, 2.75) is 84.5 Å². The summed E-state index contributed by atoms with van der Waals surface area (Å²) in [4.78, 5) is 0. The van der Waals surface area contributed by atoms with Crippen molar-refractivity contribution in [3.63, 3.8) is 0 Å². The maximum Gasteiger partial charge on any atom is -0.0228 e. The molecular formula is C45H60. The minimum absolute atomic E-state index is 0.991. The van der Waals surface area contributed by atoms with Crippen molar-refractivity contribution in [1.29, 1.82) is 0 Å². The van der Waals surface area contributed by atoms with Gasteiger partial charge in [0.25, 0.3) is 0 Å². The lowest BCUT2D eigenvalue weighted by Gasteiger charge is -2.05. The molecule has 6 aliphatic rings. The van der Waals surface area contributed by atoms with Crippen molar-refractivity contribution in [3.8, 4) is 0 Å². The topological polar surface area (TPSA) is 0 Å². The van der Waals surface area contributed by atoms with Gasteiger partial charge in [0.2, 0.25) is 0 Å². The Labute approximate surface area is 277 Å². The third-order valence-corrected chi connectivity index (χ3v) is 7.66. The van der Waals surface area contributed by atoms with Gasteiger partial charge in [0.05, 0.1) is 0 Å². The average Bonchev–Trinajstić information content (AvgIpc) is 3.59. The maximum absolute atomic E-state index is 3.76. The van der Waals surface area contributed by atoms with E-state index in [1.807, 2.05) is 140 Å². The van der Waals surface area contributed by atoms with Crippen LogP contribution < -0.4 is 0 Å². The third kappa shape index (κ3) is 24.1. The molecule has 1 saturated carbocycles. The predicted molar refractivity (Wildman–Crippen MR) is 206 cm³/mol. The molecule has 0 spiro atoms. The molecule has 2 bridgehead atoms. The molecule has 0 N–H and O–H groups in total. The van der Waals surface area contributed by atoms with E-state index >= 15 is 0 Å². The summed E-state index contributed by atoms with van der Waals surface area (Å²) >= 11 is 0. The highest BCUT2D eigenvalue weighted by Gasteiger charge is 2.25. The molecule has 2 atom stereocenters. The fraction of sp³-hybridized carbons (Fsp3) is 0.333. The maximum atomic E-state index is 3.76. The number of fused-ring (bicyclic) bond motifs is 2. The summed E-state index contributed by atoms with van der Waals surface area (Å²) in [6.07, 6.45) is 57.9. The summed E-state index contributed by atoms with van der Waals surface area (Å²) in [5.74, 6) is 1.98. The van der Waals surface area contributed by atoms with E-state index in [0.717, 1.165) is 18.3 Å². The molecule has 1 aromatic carbocycles. The molecule has 6 aliphatic carbocycles. The van der Waals surface area contributed by atoms with Crippen LogP contribution in [-0.2, 0) is 0 Å². The molecule has 45 heavy (non-hydrogen) atoms. The van der Waals surface area contributed by atoms with Crippen molar-refractivity contribution in [3.05, 3.63) is 176 Å². The standard InChI is InChI=1S/C14H26.C8H8.C7H10.4C4H4/c1-4-7-9-10-11-13-14(6-3)12-8-5-2;1-2-8-6-4-3-5-7-8;1-2-7-4-3-6(1)5-7;4*1-2-4-3-1/h5-6H,2,4,7-13H2,1,3H3;2-7H,1H2;1-2,6-7H,3-5H2;4*1-4H. The Morgan fingerprint density at radius 2 is 1.07 bits per heavy atom. The minimum atomic E-state index is 0.991. The van der Waals surface area contributed by atoms with Gasteiger partial charge in [-0.3, -0.25) is 0 Å². The first-order chi connectivity index (χ1) is 22.2. The molecule has 240 valence electrons. The van der Waals surface area contributed by atoms with E-state index in [4.69, 9.17) is 0 Å². The Morgan fingerprint density at radius 3 is 1.33 bits per heavy atom. The number of unbranched alkanes of at least 4 members (excludes halogenated alkanes) is 4. The SMILES string of the molecule is C1=CC2CCC1C2.C1=CC=C1.C1=CC=C1.C1=CC=C1.C1=CC=C1.C=CCCC(=CC)CCCCCCC.C=Cc1ccccc1. The monoisotopic (exact) mass is 600 g/mol. The predicted octanol–water partition coefficient (Wildman–Crippen LogP) is 14.0. The average molecular weight is 601 g/mol. The fourth-order valence-corrected chi connectivity index (χ4v) is 4.41. The summed E-state index contributed by atoms with van der Waals surface area (Å²) in [5, 5.41) is 0. The number of hydrogen-bond acceptors (Lipinski definition) is 0. The van der Waals surface area contributed by atoms with Crippen LogP contribution in [0.1, 0.15) is 90.0 Å². The van der Waals surface area contributed by atoms with Gasteiger partial charge in [-0.25, -0.2) is 0 Å². The van der Waals surface area contributed by atoms with Gasteiger partial charge in [0, 0.05) is 0 Å². The molecule has 0 saturated heterocycles. The Kier molecular flexibility index (Phi) is 26.2. The first kappa shape index (κ1) is 39.1. The molecule has 0 aliphatic heterocycles. The fourth-order valence-electron chi connectivity index (χ4n) is 4.41. The first-order valence-electron chi connectivity index (χ1n) is 17.2. The largest absolute Gasteiger partial charge is 0.103 e. The van der Waals surface area contributed by atoms with E-state index in [1.54, 1.807) is 5.57 Å². The van der Waals surface area contributed by atoms with E-state index in [9.17, 15) is 0 Å². The normalized spacial score (nSPS) is 18.0. The second kappa shape index (κ2) is 30.1. The second-order valence-corrected chi connectivity index (χ2v) is 11.4. The summed E-state index contributed by atoms with van der Waals surface area (Å²) in [6, 6.07) is 10.0. The van der Waals surface area contributed by atoms with E-state index in [2.05, 4.69) is 45.2 Å². The molecule has 1 fully saturated rings. The number of rotatable bonds is 10. The van der Waals surface area contributed by atoms with Crippen molar-refractivity contribution in [1.82, 2.24) is 0 Å². The molecule has 1 aromatic rings. The molecule has 0 nitrogen and oxygen atoms in total. The Bertz CT molecular complexity index is 1010. The van der Waals surface area contributed by atoms with Crippen LogP contribution >= 0.6 is 0 Å². The lowest BCUT2D eigenvalue weighted by molar-refractivity contribution is 0.624.